The highest BCUT2D eigenvalue weighted by Gasteiger charge is 2.15. The molecule has 0 aromatic heterocycles. The van der Waals surface area contributed by atoms with E-state index >= 15 is 0 Å². The molecule has 106 valence electrons. The van der Waals surface area contributed by atoms with Crippen molar-refractivity contribution in [2.24, 2.45) is 5.92 Å². The van der Waals surface area contributed by atoms with Crippen LogP contribution in [0.25, 0.3) is 0 Å². The van der Waals surface area contributed by atoms with Gasteiger partial charge in [0.25, 0.3) is 5.91 Å². The first-order valence-corrected chi connectivity index (χ1v) is 6.89. The molecule has 2 N–H and O–H groups in total. The van der Waals surface area contributed by atoms with E-state index in [1.165, 1.54) is 0 Å². The Morgan fingerprint density at radius 2 is 2.05 bits per heavy atom. The molecule has 1 atom stereocenters. The summed E-state index contributed by atoms with van der Waals surface area (Å²) in [5, 5.41) is 0. The molecule has 0 unspecified atom stereocenters. The highest BCUT2D eigenvalue weighted by atomic mass is 16.2. The molecule has 2 amide bonds. The molecule has 0 fully saturated rings. The summed E-state index contributed by atoms with van der Waals surface area (Å²) in [6, 6.07) is 5.60. The molecule has 4 heteroatoms. The van der Waals surface area contributed by atoms with Crippen LogP contribution in [0, 0.1) is 19.8 Å². The Hall–Kier alpha value is -2.10. The van der Waals surface area contributed by atoms with Crippen LogP contribution in [0.3, 0.4) is 0 Å². The van der Waals surface area contributed by atoms with Crippen molar-refractivity contribution in [1.82, 2.24) is 10.9 Å². The second-order valence-corrected chi connectivity index (χ2v) is 5.29. The molecule has 0 bridgehead atoms. The Kier molecular flexibility index (Phi) is 4.56. The standard InChI is InChI=1S/C16H20N2O2/c1-11-7-8-14(12(2)9-11)16(20)18-17-15(19)10-13-5-3-4-6-13/h3,5,7-9,13H,4,6,10H2,1-2H3,(H,17,19)(H,18,20)/t13-/m1/s1. The molecule has 1 aliphatic rings. The van der Waals surface area contributed by atoms with E-state index in [0.717, 1.165) is 24.0 Å². The molecule has 2 rings (SSSR count). The van der Waals surface area contributed by atoms with Gasteiger partial charge in [-0.3, -0.25) is 20.4 Å². The zero-order valence-electron chi connectivity index (χ0n) is 11.9. The average molecular weight is 272 g/mol. The van der Waals surface area contributed by atoms with Crippen molar-refractivity contribution < 1.29 is 9.59 Å². The van der Waals surface area contributed by atoms with Crippen molar-refractivity contribution in [3.63, 3.8) is 0 Å². The largest absolute Gasteiger partial charge is 0.273 e. The molecule has 0 saturated heterocycles. The van der Waals surface area contributed by atoms with Gasteiger partial charge in [-0.1, -0.05) is 29.8 Å². The molecule has 1 aromatic carbocycles. The zero-order valence-corrected chi connectivity index (χ0v) is 11.9. The summed E-state index contributed by atoms with van der Waals surface area (Å²) >= 11 is 0. The van der Waals surface area contributed by atoms with Crippen LogP contribution < -0.4 is 10.9 Å². The Balaban J connectivity index is 1.85. The Morgan fingerprint density at radius 1 is 1.25 bits per heavy atom. The quantitative estimate of drug-likeness (QED) is 0.656. The van der Waals surface area contributed by atoms with E-state index in [-0.39, 0.29) is 11.8 Å². The molecular weight excluding hydrogens is 252 g/mol. The minimum atomic E-state index is -0.280. The second-order valence-electron chi connectivity index (χ2n) is 5.29. The minimum Gasteiger partial charge on any atom is -0.273 e. The number of nitrogens with one attached hydrogen (secondary N) is 2. The van der Waals surface area contributed by atoms with E-state index in [1.807, 2.05) is 26.0 Å². The molecule has 0 heterocycles. The highest BCUT2D eigenvalue weighted by molar-refractivity contribution is 5.96. The van der Waals surface area contributed by atoms with E-state index in [4.69, 9.17) is 0 Å². The van der Waals surface area contributed by atoms with Gasteiger partial charge in [-0.15, -0.1) is 0 Å². The predicted molar refractivity (Wildman–Crippen MR) is 78.0 cm³/mol. The summed E-state index contributed by atoms with van der Waals surface area (Å²) < 4.78 is 0. The maximum absolute atomic E-state index is 12.0. The van der Waals surface area contributed by atoms with Gasteiger partial charge in [-0.2, -0.15) is 0 Å². The van der Waals surface area contributed by atoms with Gasteiger partial charge < -0.3 is 0 Å². The number of aryl methyl sites for hydroxylation is 2. The molecule has 1 aromatic rings. The third-order valence-corrected chi connectivity index (χ3v) is 3.50. The lowest BCUT2D eigenvalue weighted by Crippen LogP contribution is -2.42. The molecule has 0 aliphatic heterocycles. The van der Waals surface area contributed by atoms with Gasteiger partial charge in [0.05, 0.1) is 0 Å². The summed E-state index contributed by atoms with van der Waals surface area (Å²) in [4.78, 5) is 23.7. The molecule has 4 nitrogen and oxygen atoms in total. The van der Waals surface area contributed by atoms with Crippen LogP contribution in [-0.4, -0.2) is 11.8 Å². The lowest BCUT2D eigenvalue weighted by Gasteiger charge is -2.11. The van der Waals surface area contributed by atoms with Gasteiger partial charge in [0.1, 0.15) is 0 Å². The third-order valence-electron chi connectivity index (χ3n) is 3.50. The molecule has 0 radical (unpaired) electrons. The number of benzene rings is 1. The van der Waals surface area contributed by atoms with Gasteiger partial charge in [-0.05, 0) is 44.2 Å². The van der Waals surface area contributed by atoms with Gasteiger partial charge in [0.2, 0.25) is 5.91 Å². The molecule has 1 aliphatic carbocycles. The Bertz CT molecular complexity index is 549. The first kappa shape index (κ1) is 14.3. The van der Waals surface area contributed by atoms with Crippen molar-refractivity contribution in [2.45, 2.75) is 33.1 Å². The van der Waals surface area contributed by atoms with Crippen LogP contribution in [0.5, 0.6) is 0 Å². The number of hydrogen-bond acceptors (Lipinski definition) is 2. The van der Waals surface area contributed by atoms with Crippen LogP contribution in [0.4, 0.5) is 0 Å². The SMILES string of the molecule is Cc1ccc(C(=O)NNC(=O)C[C@@H]2C=CCC2)c(C)c1. The lowest BCUT2D eigenvalue weighted by atomic mass is 10.1. The Labute approximate surface area is 119 Å². The maximum Gasteiger partial charge on any atom is 0.269 e. The van der Waals surface area contributed by atoms with Crippen molar-refractivity contribution in [2.75, 3.05) is 0 Å². The number of amides is 2. The van der Waals surface area contributed by atoms with Gasteiger partial charge in [-0.25, -0.2) is 0 Å². The second kappa shape index (κ2) is 6.37. The number of allylic oxidation sites excluding steroid dienone is 2. The summed E-state index contributed by atoms with van der Waals surface area (Å²) in [6.45, 7) is 3.86. The van der Waals surface area contributed by atoms with Crippen molar-refractivity contribution in [3.8, 4) is 0 Å². The number of carbonyl (C=O) groups is 2. The maximum atomic E-state index is 12.0. The van der Waals surface area contributed by atoms with Gasteiger partial charge in [0.15, 0.2) is 0 Å². The van der Waals surface area contributed by atoms with E-state index in [9.17, 15) is 9.59 Å². The van der Waals surface area contributed by atoms with Gasteiger partial charge in [0, 0.05) is 12.0 Å². The van der Waals surface area contributed by atoms with Gasteiger partial charge >= 0.3 is 0 Å². The first-order valence-electron chi connectivity index (χ1n) is 6.89. The summed E-state index contributed by atoms with van der Waals surface area (Å²) in [5.74, 6) is -0.134. The smallest absolute Gasteiger partial charge is 0.269 e. The van der Waals surface area contributed by atoms with E-state index < -0.39 is 0 Å². The zero-order chi connectivity index (χ0) is 14.5. The normalized spacial score (nSPS) is 17.0. The van der Waals surface area contributed by atoms with E-state index in [2.05, 4.69) is 23.0 Å². The topological polar surface area (TPSA) is 58.2 Å². The molecule has 0 spiro atoms. The monoisotopic (exact) mass is 272 g/mol. The molecule has 20 heavy (non-hydrogen) atoms. The van der Waals surface area contributed by atoms with E-state index in [1.54, 1.807) is 6.07 Å². The van der Waals surface area contributed by atoms with Crippen LogP contribution in [0.1, 0.15) is 40.7 Å². The van der Waals surface area contributed by atoms with Crippen LogP contribution in [-0.2, 0) is 4.79 Å². The minimum absolute atomic E-state index is 0.153. The predicted octanol–water partition coefficient (Wildman–Crippen LogP) is 2.42. The number of hydrazine groups is 1. The van der Waals surface area contributed by atoms with Crippen LogP contribution >= 0.6 is 0 Å². The fourth-order valence-electron chi connectivity index (χ4n) is 2.42. The number of hydrogen-bond donors (Lipinski definition) is 2. The van der Waals surface area contributed by atoms with Crippen molar-refractivity contribution in [1.29, 1.82) is 0 Å². The van der Waals surface area contributed by atoms with Crippen molar-refractivity contribution in [3.05, 3.63) is 47.0 Å². The fourth-order valence-corrected chi connectivity index (χ4v) is 2.42. The van der Waals surface area contributed by atoms with Crippen LogP contribution in [0.2, 0.25) is 0 Å². The summed E-state index contributed by atoms with van der Waals surface area (Å²) in [5.41, 5.74) is 7.53. The lowest BCUT2D eigenvalue weighted by molar-refractivity contribution is -0.122. The summed E-state index contributed by atoms with van der Waals surface area (Å²) in [7, 11) is 0. The van der Waals surface area contributed by atoms with Crippen molar-refractivity contribution >= 4 is 11.8 Å². The number of carbonyl (C=O) groups excluding carboxylic acids is 2. The molecule has 0 saturated carbocycles. The third kappa shape index (κ3) is 3.70. The van der Waals surface area contributed by atoms with Crippen LogP contribution in [0.15, 0.2) is 30.4 Å². The highest BCUT2D eigenvalue weighted by Crippen LogP contribution is 2.19. The van der Waals surface area contributed by atoms with E-state index in [0.29, 0.717) is 17.9 Å². The first-order chi connectivity index (χ1) is 9.56. The molecular formula is C16H20N2O2. The summed E-state index contributed by atoms with van der Waals surface area (Å²) in [6.07, 6.45) is 6.62. The average Bonchev–Trinajstić information content (AvgIpc) is 2.89. The number of rotatable bonds is 3. The fraction of sp³-hybridized carbons (Fsp3) is 0.375. The Morgan fingerprint density at radius 3 is 2.70 bits per heavy atom.